The van der Waals surface area contributed by atoms with E-state index in [0.717, 1.165) is 38.3 Å². The third-order valence-electron chi connectivity index (χ3n) is 5.50. The number of hydrogen-bond acceptors (Lipinski definition) is 5. The van der Waals surface area contributed by atoms with Crippen LogP contribution < -0.4 is 15.6 Å². The number of methoxy groups -OCH3 is 1. The number of carbonyl (C=O) groups excluding carboxylic acids is 1. The van der Waals surface area contributed by atoms with Gasteiger partial charge in [0.15, 0.2) is 23.0 Å². The number of hydrogen-bond donors (Lipinski definition) is 2. The van der Waals surface area contributed by atoms with Crippen molar-refractivity contribution in [1.82, 2.24) is 10.2 Å². The summed E-state index contributed by atoms with van der Waals surface area (Å²) in [4.78, 5) is 24.0. The molecule has 1 saturated heterocycles. The number of benzene rings is 1. The fourth-order valence-corrected chi connectivity index (χ4v) is 3.65. The first kappa shape index (κ1) is 22.7. The van der Waals surface area contributed by atoms with E-state index in [1.54, 1.807) is 0 Å². The van der Waals surface area contributed by atoms with Crippen LogP contribution >= 0.6 is 0 Å². The van der Waals surface area contributed by atoms with Crippen molar-refractivity contribution in [3.05, 3.63) is 51.8 Å². The molecular weight excluding hydrogens is 429 g/mol. The standard InChI is InChI=1S/C19H18F5N3O4/c1-8-13(9-4-5-10(20)14(21)15(9)30-3)16(31-18(8,2)19(22,23)24)17(29)25-11-6-7-12(28)27-26-11/h4-8,13,16H,1-3H3,(H,27,28)(H,25,26,29)/t8-,13-,16+,18+/m0/s1. The van der Waals surface area contributed by atoms with Crippen LogP contribution in [-0.2, 0) is 9.53 Å². The maximum absolute atomic E-state index is 14.3. The molecule has 2 aromatic rings. The number of amides is 1. The summed E-state index contributed by atoms with van der Waals surface area (Å²) in [6, 6.07) is 3.99. The van der Waals surface area contributed by atoms with Crippen LogP contribution in [-0.4, -0.2) is 41.1 Å². The Hall–Kier alpha value is -3.02. The Kier molecular flexibility index (Phi) is 5.78. The van der Waals surface area contributed by atoms with Crippen molar-refractivity contribution in [3.8, 4) is 5.75 Å². The maximum Gasteiger partial charge on any atom is 0.417 e. The first-order valence-corrected chi connectivity index (χ1v) is 9.03. The Morgan fingerprint density at radius 1 is 1.26 bits per heavy atom. The second-order valence-corrected chi connectivity index (χ2v) is 7.24. The van der Waals surface area contributed by atoms with Crippen LogP contribution in [0.5, 0.6) is 5.75 Å². The van der Waals surface area contributed by atoms with E-state index in [0.29, 0.717) is 0 Å². The molecule has 0 radical (unpaired) electrons. The SMILES string of the molecule is COc1c([C@H]2[C@H](C(=O)Nc3ccc(=O)[nH]n3)O[C@@](C)(C(F)(F)F)[C@H]2C)ccc(F)c1F. The minimum Gasteiger partial charge on any atom is -0.493 e. The Labute approximate surface area is 172 Å². The zero-order valence-corrected chi connectivity index (χ0v) is 16.5. The zero-order chi connectivity index (χ0) is 23.1. The summed E-state index contributed by atoms with van der Waals surface area (Å²) in [7, 11) is 1.03. The monoisotopic (exact) mass is 447 g/mol. The van der Waals surface area contributed by atoms with E-state index in [4.69, 9.17) is 9.47 Å². The molecular formula is C19H18F5N3O4. The van der Waals surface area contributed by atoms with Gasteiger partial charge in [-0.1, -0.05) is 13.0 Å². The molecule has 2 heterocycles. The minimum atomic E-state index is -4.87. The number of H-pyrrole nitrogens is 1. The predicted molar refractivity (Wildman–Crippen MR) is 97.6 cm³/mol. The fourth-order valence-electron chi connectivity index (χ4n) is 3.65. The highest BCUT2D eigenvalue weighted by Crippen LogP contribution is 2.54. The molecule has 1 aromatic heterocycles. The normalized spacial score (nSPS) is 26.0. The van der Waals surface area contributed by atoms with Gasteiger partial charge in [-0.3, -0.25) is 9.59 Å². The number of carbonyl (C=O) groups is 1. The smallest absolute Gasteiger partial charge is 0.417 e. The van der Waals surface area contributed by atoms with E-state index in [2.05, 4.69) is 15.5 Å². The van der Waals surface area contributed by atoms with Gasteiger partial charge in [0, 0.05) is 23.5 Å². The van der Waals surface area contributed by atoms with Crippen LogP contribution in [0.15, 0.2) is 29.1 Å². The average molecular weight is 447 g/mol. The Bertz CT molecular complexity index is 1040. The van der Waals surface area contributed by atoms with Crippen molar-refractivity contribution in [3.63, 3.8) is 0 Å². The summed E-state index contributed by atoms with van der Waals surface area (Å²) in [6.07, 6.45) is -6.63. The van der Waals surface area contributed by atoms with Gasteiger partial charge in [-0.25, -0.2) is 9.49 Å². The first-order valence-electron chi connectivity index (χ1n) is 9.03. The molecule has 0 bridgehead atoms. The number of aromatic nitrogens is 2. The number of ether oxygens (including phenoxy) is 2. The molecule has 1 aliphatic rings. The molecule has 1 aliphatic heterocycles. The van der Waals surface area contributed by atoms with Crippen LogP contribution in [0.1, 0.15) is 25.3 Å². The summed E-state index contributed by atoms with van der Waals surface area (Å²) in [6.45, 7) is 1.98. The Balaban J connectivity index is 2.08. The molecule has 0 aliphatic carbocycles. The molecule has 2 N–H and O–H groups in total. The van der Waals surface area contributed by atoms with Gasteiger partial charge in [0.1, 0.15) is 6.10 Å². The van der Waals surface area contributed by atoms with Crippen LogP contribution in [0.2, 0.25) is 0 Å². The lowest BCUT2D eigenvalue weighted by atomic mass is 9.77. The number of halogens is 5. The highest BCUT2D eigenvalue weighted by atomic mass is 19.4. The predicted octanol–water partition coefficient (Wildman–Crippen LogP) is 3.13. The van der Waals surface area contributed by atoms with Crippen molar-refractivity contribution in [1.29, 1.82) is 0 Å². The summed E-state index contributed by atoms with van der Waals surface area (Å²) in [5.74, 6) is -7.16. The number of alkyl halides is 3. The van der Waals surface area contributed by atoms with Crippen LogP contribution in [0, 0.1) is 17.6 Å². The second-order valence-electron chi connectivity index (χ2n) is 7.24. The molecule has 0 unspecified atom stereocenters. The quantitative estimate of drug-likeness (QED) is 0.703. The van der Waals surface area contributed by atoms with Crippen molar-refractivity contribution >= 4 is 11.7 Å². The molecule has 4 atom stereocenters. The van der Waals surface area contributed by atoms with Gasteiger partial charge in [-0.2, -0.15) is 22.7 Å². The maximum atomic E-state index is 14.3. The van der Waals surface area contributed by atoms with Crippen molar-refractivity contribution < 1.29 is 36.2 Å². The van der Waals surface area contributed by atoms with Crippen LogP contribution in [0.3, 0.4) is 0 Å². The third-order valence-corrected chi connectivity index (χ3v) is 5.50. The number of anilines is 1. The fraction of sp³-hybridized carbons (Fsp3) is 0.421. The lowest BCUT2D eigenvalue weighted by Crippen LogP contribution is -2.47. The third kappa shape index (κ3) is 3.87. The largest absolute Gasteiger partial charge is 0.493 e. The van der Waals surface area contributed by atoms with E-state index in [-0.39, 0.29) is 11.4 Å². The van der Waals surface area contributed by atoms with E-state index in [9.17, 15) is 31.5 Å². The summed E-state index contributed by atoms with van der Waals surface area (Å²) >= 11 is 0. The topological polar surface area (TPSA) is 93.3 Å². The Morgan fingerprint density at radius 3 is 2.48 bits per heavy atom. The first-order chi connectivity index (χ1) is 14.4. The van der Waals surface area contributed by atoms with E-state index in [1.165, 1.54) is 6.92 Å². The number of nitrogens with one attached hydrogen (secondary N) is 2. The molecule has 12 heteroatoms. The summed E-state index contributed by atoms with van der Waals surface area (Å²) < 4.78 is 79.6. The van der Waals surface area contributed by atoms with Crippen LogP contribution in [0.4, 0.5) is 27.8 Å². The van der Waals surface area contributed by atoms with Gasteiger partial charge < -0.3 is 14.8 Å². The Morgan fingerprint density at radius 2 is 1.94 bits per heavy atom. The zero-order valence-electron chi connectivity index (χ0n) is 16.5. The van der Waals surface area contributed by atoms with E-state index in [1.807, 2.05) is 0 Å². The molecule has 0 saturated carbocycles. The molecule has 0 spiro atoms. The van der Waals surface area contributed by atoms with Gasteiger partial charge in [-0.15, -0.1) is 0 Å². The number of rotatable bonds is 4. The summed E-state index contributed by atoms with van der Waals surface area (Å²) in [5.41, 5.74) is -3.48. The molecule has 7 nitrogen and oxygen atoms in total. The molecule has 31 heavy (non-hydrogen) atoms. The van der Waals surface area contributed by atoms with E-state index >= 15 is 0 Å². The highest BCUT2D eigenvalue weighted by molar-refractivity contribution is 5.94. The van der Waals surface area contributed by atoms with Crippen molar-refractivity contribution in [2.45, 2.75) is 37.6 Å². The van der Waals surface area contributed by atoms with Crippen molar-refractivity contribution in [2.24, 2.45) is 5.92 Å². The lowest BCUT2D eigenvalue weighted by Gasteiger charge is -2.32. The van der Waals surface area contributed by atoms with Gasteiger partial charge >= 0.3 is 6.18 Å². The van der Waals surface area contributed by atoms with E-state index < -0.39 is 58.6 Å². The molecule has 1 fully saturated rings. The average Bonchev–Trinajstić information content (AvgIpc) is 2.98. The van der Waals surface area contributed by atoms with Gasteiger partial charge in [0.05, 0.1) is 7.11 Å². The van der Waals surface area contributed by atoms with Gasteiger partial charge in [0.2, 0.25) is 5.82 Å². The lowest BCUT2D eigenvalue weighted by molar-refractivity contribution is -0.272. The number of aromatic amines is 1. The van der Waals surface area contributed by atoms with Gasteiger partial charge in [-0.05, 0) is 19.1 Å². The summed E-state index contributed by atoms with van der Waals surface area (Å²) in [5, 5.41) is 7.90. The molecule has 1 aromatic carbocycles. The molecule has 1 amide bonds. The van der Waals surface area contributed by atoms with Crippen molar-refractivity contribution in [2.75, 3.05) is 12.4 Å². The molecule has 3 rings (SSSR count). The molecule has 168 valence electrons. The number of nitrogens with zero attached hydrogens (tertiary/aromatic N) is 1. The minimum absolute atomic E-state index is 0.141. The van der Waals surface area contributed by atoms with Crippen LogP contribution in [0.25, 0.3) is 0 Å². The second kappa shape index (κ2) is 7.91. The highest BCUT2D eigenvalue weighted by Gasteiger charge is 2.65. The van der Waals surface area contributed by atoms with Gasteiger partial charge in [0.25, 0.3) is 11.5 Å².